The molecule has 0 fully saturated rings. The highest BCUT2D eigenvalue weighted by Crippen LogP contribution is 2.21. The van der Waals surface area contributed by atoms with E-state index < -0.39 is 0 Å². The van der Waals surface area contributed by atoms with Gasteiger partial charge in [-0.3, -0.25) is 9.59 Å². The lowest BCUT2D eigenvalue weighted by molar-refractivity contribution is -0.116. The number of aromatic nitrogens is 4. The van der Waals surface area contributed by atoms with Crippen molar-refractivity contribution in [2.45, 2.75) is 24.3 Å². The van der Waals surface area contributed by atoms with Gasteiger partial charge in [0.25, 0.3) is 0 Å². The van der Waals surface area contributed by atoms with Crippen LogP contribution in [0.1, 0.15) is 16.1 Å². The Balaban J connectivity index is 1.18. The largest absolute Gasteiger partial charge is 0.309 e. The Morgan fingerprint density at radius 3 is 2.00 bits per heavy atom. The van der Waals surface area contributed by atoms with Gasteiger partial charge < -0.3 is 10.6 Å². The lowest BCUT2D eigenvalue weighted by atomic mass is 10.1. The molecule has 0 aliphatic carbocycles. The smallest absolute Gasteiger partial charge is 0.230 e. The van der Waals surface area contributed by atoms with Crippen LogP contribution in [0.15, 0.2) is 77.8 Å². The number of anilines is 2. The summed E-state index contributed by atoms with van der Waals surface area (Å²) < 4.78 is 0. The highest BCUT2D eigenvalue weighted by atomic mass is 32.2. The molecule has 0 bridgehead atoms. The molecule has 10 heteroatoms. The van der Waals surface area contributed by atoms with Crippen LogP contribution in [0.2, 0.25) is 0 Å². The number of aryl methyl sites for hydroxylation is 1. The van der Waals surface area contributed by atoms with Gasteiger partial charge in [0.2, 0.25) is 16.9 Å². The van der Waals surface area contributed by atoms with Gasteiger partial charge in [0.15, 0.2) is 5.82 Å². The number of hydrogen-bond donors (Lipinski definition) is 2. The maximum Gasteiger partial charge on any atom is 0.230 e. The summed E-state index contributed by atoms with van der Waals surface area (Å²) in [5, 5.41) is 24.1. The highest BCUT2D eigenvalue weighted by Gasteiger charge is 2.10. The van der Waals surface area contributed by atoms with E-state index >= 15 is 0 Å². The predicted molar refractivity (Wildman–Crippen MR) is 134 cm³/mol. The van der Waals surface area contributed by atoms with E-state index in [0.29, 0.717) is 23.8 Å². The van der Waals surface area contributed by atoms with Crippen LogP contribution in [0.3, 0.4) is 0 Å². The maximum absolute atomic E-state index is 12.2. The Morgan fingerprint density at radius 2 is 1.38 bits per heavy atom. The third kappa shape index (κ3) is 7.46. The number of amides is 2. The van der Waals surface area contributed by atoms with Crippen LogP contribution in [0.5, 0.6) is 0 Å². The molecule has 4 rings (SSSR count). The van der Waals surface area contributed by atoms with Gasteiger partial charge >= 0.3 is 0 Å². The van der Waals surface area contributed by atoms with Crippen molar-refractivity contribution in [2.24, 2.45) is 0 Å². The number of carbonyl (C=O) groups excluding carboxylic acids is 2. The van der Waals surface area contributed by atoms with Crippen LogP contribution in [-0.2, 0) is 28.9 Å². The number of nitrogens with one attached hydrogen (secondary N) is 2. The lowest BCUT2D eigenvalue weighted by Crippen LogP contribution is -2.15. The van der Waals surface area contributed by atoms with Crippen molar-refractivity contribution in [1.82, 2.24) is 20.4 Å². The highest BCUT2D eigenvalue weighted by molar-refractivity contribution is 7.99. The number of thioether (sulfide) groups is 1. The van der Waals surface area contributed by atoms with Crippen molar-refractivity contribution >= 4 is 45.9 Å². The van der Waals surface area contributed by atoms with Crippen molar-refractivity contribution in [3.63, 3.8) is 0 Å². The maximum atomic E-state index is 12.2. The minimum Gasteiger partial charge on any atom is -0.309 e. The third-order valence-electron chi connectivity index (χ3n) is 4.60. The SMILES string of the molecule is O=C(Cc1ccccc1)Nc1ccc(SCCc2nnc(NC(=O)Cc3ccccc3)s2)nn1. The number of nitrogens with zero attached hydrogens (tertiary/aromatic N) is 4. The first-order chi connectivity index (χ1) is 16.6. The van der Waals surface area contributed by atoms with E-state index in [9.17, 15) is 9.59 Å². The molecule has 2 amide bonds. The molecule has 4 aromatic rings. The molecule has 2 aromatic heterocycles. The Labute approximate surface area is 205 Å². The Bertz CT molecular complexity index is 1220. The molecule has 0 aliphatic heterocycles. The Hall–Kier alpha value is -3.63. The van der Waals surface area contributed by atoms with E-state index in [0.717, 1.165) is 26.9 Å². The quantitative estimate of drug-likeness (QED) is 0.323. The first-order valence-electron chi connectivity index (χ1n) is 10.6. The van der Waals surface area contributed by atoms with Crippen molar-refractivity contribution in [3.8, 4) is 0 Å². The minimum absolute atomic E-state index is 0.116. The number of benzene rings is 2. The minimum atomic E-state index is -0.135. The molecule has 0 saturated carbocycles. The summed E-state index contributed by atoms with van der Waals surface area (Å²) in [5.41, 5.74) is 1.89. The fourth-order valence-corrected chi connectivity index (χ4v) is 4.68. The van der Waals surface area contributed by atoms with E-state index in [2.05, 4.69) is 31.0 Å². The van der Waals surface area contributed by atoms with Crippen LogP contribution in [0.4, 0.5) is 10.9 Å². The number of hydrogen-bond acceptors (Lipinski definition) is 8. The molecule has 2 aromatic carbocycles. The van der Waals surface area contributed by atoms with Crippen LogP contribution in [-0.4, -0.2) is 38.0 Å². The fraction of sp³-hybridized carbons (Fsp3) is 0.167. The molecule has 0 radical (unpaired) electrons. The molecule has 0 unspecified atom stereocenters. The van der Waals surface area contributed by atoms with Gasteiger partial charge in [-0.15, -0.1) is 32.2 Å². The predicted octanol–water partition coefficient (Wildman–Crippen LogP) is 4.03. The van der Waals surface area contributed by atoms with Crippen LogP contribution in [0.25, 0.3) is 0 Å². The van der Waals surface area contributed by atoms with Gasteiger partial charge in [-0.1, -0.05) is 72.0 Å². The summed E-state index contributed by atoms with van der Waals surface area (Å²) >= 11 is 2.90. The van der Waals surface area contributed by atoms with Crippen molar-refractivity contribution < 1.29 is 9.59 Å². The molecule has 2 N–H and O–H groups in total. The molecule has 0 saturated heterocycles. The Kier molecular flexibility index (Phi) is 8.31. The molecule has 2 heterocycles. The molecular formula is C24H22N6O2S2. The molecule has 0 spiro atoms. The number of rotatable bonds is 10. The standard InChI is InChI=1S/C24H22N6O2S2/c31-20(15-17-7-3-1-4-8-17)25-19-11-12-22(28-27-19)33-14-13-23-29-30-24(34-23)26-21(32)16-18-9-5-2-6-10-18/h1-12H,13-16H2,(H,25,27,31)(H,26,30,32). The monoisotopic (exact) mass is 490 g/mol. The first-order valence-corrected chi connectivity index (χ1v) is 12.4. The van der Waals surface area contributed by atoms with Gasteiger partial charge in [0.05, 0.1) is 12.8 Å². The number of carbonyl (C=O) groups is 2. The normalized spacial score (nSPS) is 10.6. The van der Waals surface area contributed by atoms with E-state index in [-0.39, 0.29) is 18.2 Å². The molecule has 8 nitrogen and oxygen atoms in total. The first kappa shape index (κ1) is 23.5. The van der Waals surface area contributed by atoms with Gasteiger partial charge in [-0.05, 0) is 23.3 Å². The Morgan fingerprint density at radius 1 is 0.735 bits per heavy atom. The fourth-order valence-electron chi connectivity index (χ4n) is 3.02. The van der Waals surface area contributed by atoms with Gasteiger partial charge in [0, 0.05) is 12.2 Å². The van der Waals surface area contributed by atoms with E-state index in [1.165, 1.54) is 23.1 Å². The van der Waals surface area contributed by atoms with E-state index in [4.69, 9.17) is 0 Å². The molecule has 0 atom stereocenters. The van der Waals surface area contributed by atoms with Crippen molar-refractivity contribution in [3.05, 3.63) is 88.9 Å². The van der Waals surface area contributed by atoms with Gasteiger partial charge in [0.1, 0.15) is 10.0 Å². The second kappa shape index (κ2) is 12.0. The average molecular weight is 491 g/mol. The molecule has 34 heavy (non-hydrogen) atoms. The summed E-state index contributed by atoms with van der Waals surface area (Å²) in [6.07, 6.45) is 1.27. The molecular weight excluding hydrogens is 468 g/mol. The zero-order chi connectivity index (χ0) is 23.6. The topological polar surface area (TPSA) is 110 Å². The van der Waals surface area contributed by atoms with Crippen molar-refractivity contribution in [1.29, 1.82) is 0 Å². The van der Waals surface area contributed by atoms with Gasteiger partial charge in [-0.2, -0.15) is 0 Å². The summed E-state index contributed by atoms with van der Waals surface area (Å²) in [6, 6.07) is 22.7. The van der Waals surface area contributed by atoms with Crippen LogP contribution < -0.4 is 10.6 Å². The van der Waals surface area contributed by atoms with Gasteiger partial charge in [-0.25, -0.2) is 0 Å². The summed E-state index contributed by atoms with van der Waals surface area (Å²) in [4.78, 5) is 24.3. The second-order valence-corrected chi connectivity index (χ2v) is 9.45. The average Bonchev–Trinajstić information content (AvgIpc) is 3.28. The molecule has 172 valence electrons. The van der Waals surface area contributed by atoms with Crippen LogP contribution >= 0.6 is 23.1 Å². The summed E-state index contributed by atoms with van der Waals surface area (Å²) in [7, 11) is 0. The molecule has 0 aliphatic rings. The van der Waals surface area contributed by atoms with Crippen molar-refractivity contribution in [2.75, 3.05) is 16.4 Å². The summed E-state index contributed by atoms with van der Waals surface area (Å²) in [5.74, 6) is 0.907. The summed E-state index contributed by atoms with van der Waals surface area (Å²) in [6.45, 7) is 0. The zero-order valence-corrected chi connectivity index (χ0v) is 19.8. The van der Waals surface area contributed by atoms with E-state index in [1.807, 2.05) is 66.7 Å². The van der Waals surface area contributed by atoms with E-state index in [1.54, 1.807) is 6.07 Å². The second-order valence-electron chi connectivity index (χ2n) is 7.28. The lowest BCUT2D eigenvalue weighted by Gasteiger charge is -2.05. The van der Waals surface area contributed by atoms with Crippen LogP contribution in [0, 0.1) is 0 Å². The third-order valence-corrected chi connectivity index (χ3v) is 6.42. The zero-order valence-electron chi connectivity index (χ0n) is 18.2.